The van der Waals surface area contributed by atoms with Gasteiger partial charge in [0.1, 0.15) is 5.56 Å². The third-order valence-electron chi connectivity index (χ3n) is 4.10. The van der Waals surface area contributed by atoms with Crippen LogP contribution in [0.25, 0.3) is 16.2 Å². The first-order valence-corrected chi connectivity index (χ1v) is 9.81. The maximum atomic E-state index is 12.9. The quantitative estimate of drug-likeness (QED) is 0.634. The lowest BCUT2D eigenvalue weighted by Gasteiger charge is -2.08. The maximum absolute atomic E-state index is 12.9. The average Bonchev–Trinajstić information content (AvgIpc) is 3.07. The number of amides is 1. The number of rotatable bonds is 7. The van der Waals surface area contributed by atoms with Crippen molar-refractivity contribution < 1.29 is 9.53 Å². The lowest BCUT2D eigenvalue weighted by Crippen LogP contribution is -2.32. The molecule has 2 heterocycles. The van der Waals surface area contributed by atoms with Gasteiger partial charge in [-0.25, -0.2) is 4.98 Å². The Bertz CT molecular complexity index is 990. The molecule has 0 unspecified atom stereocenters. The second-order valence-electron chi connectivity index (χ2n) is 6.61. The SMILES string of the molecule is Cc1ccc(-c2csc3ncc(C(=O)NCCCOC(C)C)c(=O)n23)cc1. The van der Waals surface area contributed by atoms with Crippen LogP contribution in [0.2, 0.25) is 0 Å². The fourth-order valence-corrected chi connectivity index (χ4v) is 3.52. The van der Waals surface area contributed by atoms with Crippen molar-refractivity contribution in [2.45, 2.75) is 33.3 Å². The number of carbonyl (C=O) groups is 1. The molecule has 0 aliphatic heterocycles. The van der Waals surface area contributed by atoms with E-state index >= 15 is 0 Å². The molecule has 0 aliphatic rings. The van der Waals surface area contributed by atoms with E-state index in [2.05, 4.69) is 10.3 Å². The standard InChI is InChI=1S/C20H23N3O3S/c1-13(2)26-10-4-9-21-18(24)16-11-22-20-23(19(16)25)17(12-27-20)15-7-5-14(3)6-8-15/h5-8,11-13H,4,9-10H2,1-3H3,(H,21,24). The molecular formula is C20H23N3O3S. The van der Waals surface area contributed by atoms with E-state index in [9.17, 15) is 9.59 Å². The van der Waals surface area contributed by atoms with E-state index in [1.54, 1.807) is 0 Å². The van der Waals surface area contributed by atoms with Gasteiger partial charge in [-0.15, -0.1) is 11.3 Å². The van der Waals surface area contributed by atoms with Gasteiger partial charge in [0.15, 0.2) is 4.96 Å². The summed E-state index contributed by atoms with van der Waals surface area (Å²) in [6, 6.07) is 7.91. The van der Waals surface area contributed by atoms with Gasteiger partial charge in [-0.05, 0) is 32.8 Å². The molecule has 1 amide bonds. The Kier molecular flexibility index (Phi) is 6.03. The fraction of sp³-hybridized carbons (Fsp3) is 0.350. The summed E-state index contributed by atoms with van der Waals surface area (Å²) in [6.07, 6.45) is 2.21. The highest BCUT2D eigenvalue weighted by molar-refractivity contribution is 7.15. The Morgan fingerprint density at radius 3 is 2.74 bits per heavy atom. The number of hydrogen-bond acceptors (Lipinski definition) is 5. The second kappa shape index (κ2) is 8.45. The number of hydrogen-bond donors (Lipinski definition) is 1. The third-order valence-corrected chi connectivity index (χ3v) is 4.94. The first-order chi connectivity index (χ1) is 13.0. The van der Waals surface area contributed by atoms with Gasteiger partial charge < -0.3 is 10.1 Å². The number of ether oxygens (including phenoxy) is 1. The van der Waals surface area contributed by atoms with Crippen molar-refractivity contribution in [1.29, 1.82) is 0 Å². The molecule has 0 radical (unpaired) electrons. The van der Waals surface area contributed by atoms with Crippen molar-refractivity contribution in [1.82, 2.24) is 14.7 Å². The van der Waals surface area contributed by atoms with E-state index in [-0.39, 0.29) is 17.2 Å². The number of nitrogens with zero attached hydrogens (tertiary/aromatic N) is 2. The van der Waals surface area contributed by atoms with Crippen LogP contribution in [0.4, 0.5) is 0 Å². The monoisotopic (exact) mass is 385 g/mol. The molecule has 142 valence electrons. The minimum absolute atomic E-state index is 0.0454. The predicted octanol–water partition coefficient (Wildman–Crippen LogP) is 3.28. The zero-order chi connectivity index (χ0) is 19.4. The summed E-state index contributed by atoms with van der Waals surface area (Å²) in [7, 11) is 0. The Labute approximate surface area is 161 Å². The Hall–Kier alpha value is -2.51. The van der Waals surface area contributed by atoms with E-state index in [1.807, 2.05) is 50.4 Å². The highest BCUT2D eigenvalue weighted by Gasteiger charge is 2.16. The van der Waals surface area contributed by atoms with Crippen LogP contribution in [-0.4, -0.2) is 34.5 Å². The van der Waals surface area contributed by atoms with Gasteiger partial charge in [0.25, 0.3) is 11.5 Å². The molecule has 3 aromatic rings. The minimum atomic E-state index is -0.410. The van der Waals surface area contributed by atoms with Gasteiger partial charge in [0, 0.05) is 24.7 Å². The molecule has 2 aromatic heterocycles. The highest BCUT2D eigenvalue weighted by Crippen LogP contribution is 2.24. The lowest BCUT2D eigenvalue weighted by atomic mass is 10.1. The van der Waals surface area contributed by atoms with Crippen LogP contribution in [0.5, 0.6) is 0 Å². The summed E-state index contributed by atoms with van der Waals surface area (Å²) < 4.78 is 6.95. The van der Waals surface area contributed by atoms with Crippen LogP contribution >= 0.6 is 11.3 Å². The number of nitrogens with one attached hydrogen (secondary N) is 1. The van der Waals surface area contributed by atoms with Crippen LogP contribution < -0.4 is 10.9 Å². The van der Waals surface area contributed by atoms with Crippen LogP contribution in [0.1, 0.15) is 36.2 Å². The zero-order valence-corrected chi connectivity index (χ0v) is 16.5. The summed E-state index contributed by atoms with van der Waals surface area (Å²) in [5, 5.41) is 4.66. The number of aromatic nitrogens is 2. The number of thiazole rings is 1. The lowest BCUT2D eigenvalue weighted by molar-refractivity contribution is 0.0757. The number of benzene rings is 1. The Morgan fingerprint density at radius 2 is 2.04 bits per heavy atom. The number of carbonyl (C=O) groups excluding carboxylic acids is 1. The smallest absolute Gasteiger partial charge is 0.271 e. The Balaban J connectivity index is 1.82. The van der Waals surface area contributed by atoms with Gasteiger partial charge in [-0.2, -0.15) is 0 Å². The van der Waals surface area contributed by atoms with Crippen molar-refractivity contribution in [2.75, 3.05) is 13.2 Å². The molecule has 27 heavy (non-hydrogen) atoms. The van der Waals surface area contributed by atoms with Gasteiger partial charge in [-0.1, -0.05) is 29.8 Å². The van der Waals surface area contributed by atoms with Crippen LogP contribution in [0, 0.1) is 6.92 Å². The van der Waals surface area contributed by atoms with Crippen molar-refractivity contribution in [3.8, 4) is 11.3 Å². The molecule has 0 saturated heterocycles. The average molecular weight is 385 g/mol. The van der Waals surface area contributed by atoms with Gasteiger partial charge in [0.2, 0.25) is 0 Å². The van der Waals surface area contributed by atoms with E-state index in [0.717, 1.165) is 16.8 Å². The predicted molar refractivity (Wildman–Crippen MR) is 108 cm³/mol. The van der Waals surface area contributed by atoms with Gasteiger partial charge in [-0.3, -0.25) is 14.0 Å². The number of aryl methyl sites for hydroxylation is 1. The third kappa shape index (κ3) is 4.43. The van der Waals surface area contributed by atoms with Crippen molar-refractivity contribution in [2.24, 2.45) is 0 Å². The van der Waals surface area contributed by atoms with Crippen molar-refractivity contribution in [3.63, 3.8) is 0 Å². The molecule has 6 nitrogen and oxygen atoms in total. The molecule has 7 heteroatoms. The van der Waals surface area contributed by atoms with Crippen LogP contribution in [0.15, 0.2) is 40.6 Å². The molecule has 0 atom stereocenters. The van der Waals surface area contributed by atoms with E-state index in [4.69, 9.17) is 4.74 Å². The molecule has 0 bridgehead atoms. The largest absolute Gasteiger partial charge is 0.379 e. The van der Waals surface area contributed by atoms with Gasteiger partial charge in [0.05, 0.1) is 11.8 Å². The fourth-order valence-electron chi connectivity index (χ4n) is 2.66. The van der Waals surface area contributed by atoms with E-state index in [1.165, 1.54) is 21.9 Å². The summed E-state index contributed by atoms with van der Waals surface area (Å²) in [6.45, 7) is 6.95. The molecular weight excluding hydrogens is 362 g/mol. The summed E-state index contributed by atoms with van der Waals surface area (Å²) in [5.41, 5.74) is 2.49. The zero-order valence-electron chi connectivity index (χ0n) is 15.7. The first-order valence-electron chi connectivity index (χ1n) is 8.93. The molecule has 0 spiro atoms. The summed E-state index contributed by atoms with van der Waals surface area (Å²) in [5.74, 6) is -0.410. The number of fused-ring (bicyclic) bond motifs is 1. The Morgan fingerprint density at radius 1 is 1.30 bits per heavy atom. The summed E-state index contributed by atoms with van der Waals surface area (Å²) >= 11 is 1.38. The molecule has 1 aromatic carbocycles. The second-order valence-corrected chi connectivity index (χ2v) is 7.45. The van der Waals surface area contributed by atoms with Crippen LogP contribution in [-0.2, 0) is 4.74 Å². The van der Waals surface area contributed by atoms with Crippen LogP contribution in [0.3, 0.4) is 0 Å². The van der Waals surface area contributed by atoms with E-state index < -0.39 is 5.91 Å². The van der Waals surface area contributed by atoms with Crippen molar-refractivity contribution in [3.05, 3.63) is 57.3 Å². The molecule has 3 rings (SSSR count). The molecule has 0 aliphatic carbocycles. The topological polar surface area (TPSA) is 72.7 Å². The molecule has 0 fully saturated rings. The first kappa shape index (κ1) is 19.3. The normalized spacial score (nSPS) is 11.3. The summed E-state index contributed by atoms with van der Waals surface area (Å²) in [4.78, 5) is 30.2. The van der Waals surface area contributed by atoms with Gasteiger partial charge >= 0.3 is 0 Å². The van der Waals surface area contributed by atoms with Crippen molar-refractivity contribution >= 4 is 22.2 Å². The molecule has 1 N–H and O–H groups in total. The molecule has 0 saturated carbocycles. The maximum Gasteiger partial charge on any atom is 0.271 e. The minimum Gasteiger partial charge on any atom is -0.379 e. The highest BCUT2D eigenvalue weighted by atomic mass is 32.1. The van der Waals surface area contributed by atoms with E-state index in [0.29, 0.717) is 24.5 Å².